The van der Waals surface area contributed by atoms with Crippen LogP contribution in [0.3, 0.4) is 0 Å². The van der Waals surface area contributed by atoms with E-state index in [0.29, 0.717) is 6.42 Å². The summed E-state index contributed by atoms with van der Waals surface area (Å²) in [4.78, 5) is 22.7. The van der Waals surface area contributed by atoms with Gasteiger partial charge in [-0.2, -0.15) is 0 Å². The minimum absolute atomic E-state index is 0.0671. The number of carbonyl (C=O) groups is 2. The van der Waals surface area contributed by atoms with Crippen molar-refractivity contribution < 1.29 is 34.4 Å². The number of hydrogen-bond acceptors (Lipinski definition) is 7. The molecule has 0 amide bonds. The maximum Gasteiger partial charge on any atom is 0.339 e. The Hall–Kier alpha value is -1.44. The second-order valence-electron chi connectivity index (χ2n) is 2.99. The number of carbonyl (C=O) groups excluding carboxylic acids is 2. The molecule has 0 atom stereocenters. The van der Waals surface area contributed by atoms with Crippen LogP contribution in [-0.4, -0.2) is 47.5 Å². The standard InChI is InChI=1S/C10H16O7/c1-2-3-7(9(14)16-5-12)8(4-11)10(15)17-6-13/h11-13H,2-6H2,1H3/b8-7-. The SMILES string of the molecule is CCC/C(C(=O)OCO)=C(\CO)C(=O)OCO. The van der Waals surface area contributed by atoms with Gasteiger partial charge in [0.15, 0.2) is 13.6 Å². The van der Waals surface area contributed by atoms with Crippen molar-refractivity contribution in [2.75, 3.05) is 20.2 Å². The summed E-state index contributed by atoms with van der Waals surface area (Å²) in [6.45, 7) is -0.621. The Morgan fingerprint density at radius 3 is 1.76 bits per heavy atom. The van der Waals surface area contributed by atoms with E-state index in [1.54, 1.807) is 6.92 Å². The molecule has 0 saturated carbocycles. The van der Waals surface area contributed by atoms with Gasteiger partial charge in [0.2, 0.25) is 0 Å². The van der Waals surface area contributed by atoms with Crippen LogP contribution in [0.5, 0.6) is 0 Å². The molecule has 7 nitrogen and oxygen atoms in total. The molecule has 0 heterocycles. The fourth-order valence-electron chi connectivity index (χ4n) is 1.20. The molecule has 0 unspecified atom stereocenters. The summed E-state index contributed by atoms with van der Waals surface area (Å²) in [5, 5.41) is 25.9. The van der Waals surface area contributed by atoms with Crippen LogP contribution in [0.25, 0.3) is 0 Å². The first kappa shape index (κ1) is 15.6. The van der Waals surface area contributed by atoms with Gasteiger partial charge >= 0.3 is 11.9 Å². The number of hydrogen-bond donors (Lipinski definition) is 3. The van der Waals surface area contributed by atoms with E-state index in [9.17, 15) is 9.59 Å². The van der Waals surface area contributed by atoms with E-state index in [4.69, 9.17) is 15.3 Å². The van der Waals surface area contributed by atoms with E-state index in [1.807, 2.05) is 0 Å². The molecule has 0 aromatic heterocycles. The fourth-order valence-corrected chi connectivity index (χ4v) is 1.20. The van der Waals surface area contributed by atoms with E-state index >= 15 is 0 Å². The maximum atomic E-state index is 11.4. The van der Waals surface area contributed by atoms with Crippen molar-refractivity contribution >= 4 is 11.9 Å². The molecule has 0 bridgehead atoms. The third kappa shape index (κ3) is 4.94. The zero-order valence-corrected chi connectivity index (χ0v) is 9.51. The molecule has 0 aliphatic carbocycles. The van der Waals surface area contributed by atoms with Crippen LogP contribution >= 0.6 is 0 Å². The van der Waals surface area contributed by atoms with Crippen LogP contribution in [0, 0.1) is 0 Å². The van der Waals surface area contributed by atoms with Crippen molar-refractivity contribution in [2.24, 2.45) is 0 Å². The van der Waals surface area contributed by atoms with E-state index in [-0.39, 0.29) is 17.6 Å². The van der Waals surface area contributed by atoms with E-state index < -0.39 is 32.1 Å². The molecule has 0 aromatic rings. The molecule has 7 heteroatoms. The van der Waals surface area contributed by atoms with Gasteiger partial charge in [0, 0.05) is 5.57 Å². The minimum atomic E-state index is -0.992. The molecular formula is C10H16O7. The van der Waals surface area contributed by atoms with Crippen LogP contribution < -0.4 is 0 Å². The van der Waals surface area contributed by atoms with Gasteiger partial charge in [0.25, 0.3) is 0 Å². The molecule has 0 saturated heterocycles. The topological polar surface area (TPSA) is 113 Å². The molecule has 0 aliphatic heterocycles. The monoisotopic (exact) mass is 248 g/mol. The molecule has 3 N–H and O–H groups in total. The summed E-state index contributed by atoms with van der Waals surface area (Å²) in [7, 11) is 0. The van der Waals surface area contributed by atoms with E-state index in [1.165, 1.54) is 0 Å². The highest BCUT2D eigenvalue weighted by Crippen LogP contribution is 2.14. The Bertz CT molecular complexity index is 295. The van der Waals surface area contributed by atoms with Crippen molar-refractivity contribution in [1.82, 2.24) is 0 Å². The maximum absolute atomic E-state index is 11.4. The van der Waals surface area contributed by atoms with Crippen LogP contribution in [0.4, 0.5) is 0 Å². The zero-order chi connectivity index (χ0) is 13.3. The van der Waals surface area contributed by atoms with E-state index in [0.717, 1.165) is 0 Å². The smallest absolute Gasteiger partial charge is 0.339 e. The van der Waals surface area contributed by atoms with Gasteiger partial charge in [-0.3, -0.25) is 0 Å². The highest BCUT2D eigenvalue weighted by atomic mass is 16.6. The second kappa shape index (κ2) is 8.68. The number of rotatable bonds is 7. The molecule has 98 valence electrons. The summed E-state index contributed by atoms with van der Waals surface area (Å²) in [6, 6.07) is 0. The molecule has 0 spiro atoms. The zero-order valence-electron chi connectivity index (χ0n) is 9.51. The fraction of sp³-hybridized carbons (Fsp3) is 0.600. The van der Waals surface area contributed by atoms with Crippen molar-refractivity contribution in [3.8, 4) is 0 Å². The molecule has 17 heavy (non-hydrogen) atoms. The Labute approximate surface area is 98.3 Å². The molecule has 0 aromatic carbocycles. The van der Waals surface area contributed by atoms with Crippen LogP contribution in [0.2, 0.25) is 0 Å². The highest BCUT2D eigenvalue weighted by molar-refractivity contribution is 6.00. The van der Waals surface area contributed by atoms with Gasteiger partial charge in [0.05, 0.1) is 12.2 Å². The Morgan fingerprint density at radius 1 is 0.941 bits per heavy atom. The average molecular weight is 248 g/mol. The largest absolute Gasteiger partial charge is 0.435 e. The lowest BCUT2D eigenvalue weighted by molar-refractivity contribution is -0.151. The quantitative estimate of drug-likeness (QED) is 0.303. The number of aliphatic hydroxyl groups excluding tert-OH is 3. The van der Waals surface area contributed by atoms with Crippen LogP contribution in [0.15, 0.2) is 11.1 Å². The molecule has 0 fully saturated rings. The van der Waals surface area contributed by atoms with Crippen molar-refractivity contribution in [3.05, 3.63) is 11.1 Å². The van der Waals surface area contributed by atoms with Gasteiger partial charge < -0.3 is 24.8 Å². The first-order chi connectivity index (χ1) is 8.12. The lowest BCUT2D eigenvalue weighted by Crippen LogP contribution is -2.19. The van der Waals surface area contributed by atoms with Gasteiger partial charge in [0.1, 0.15) is 0 Å². The normalized spacial score (nSPS) is 11.8. The van der Waals surface area contributed by atoms with Crippen LogP contribution in [-0.2, 0) is 19.1 Å². The summed E-state index contributed by atoms with van der Waals surface area (Å²) in [5.41, 5.74) is -0.346. The van der Waals surface area contributed by atoms with Gasteiger partial charge in [-0.1, -0.05) is 13.3 Å². The second-order valence-corrected chi connectivity index (χ2v) is 2.99. The lowest BCUT2D eigenvalue weighted by Gasteiger charge is -2.10. The van der Waals surface area contributed by atoms with E-state index in [2.05, 4.69) is 9.47 Å². The van der Waals surface area contributed by atoms with Crippen molar-refractivity contribution in [3.63, 3.8) is 0 Å². The van der Waals surface area contributed by atoms with Gasteiger partial charge in [-0.15, -0.1) is 0 Å². The van der Waals surface area contributed by atoms with Gasteiger partial charge in [-0.05, 0) is 6.42 Å². The van der Waals surface area contributed by atoms with Crippen LogP contribution in [0.1, 0.15) is 19.8 Å². The third-order valence-corrected chi connectivity index (χ3v) is 1.91. The summed E-state index contributed by atoms with van der Waals surface area (Å²) in [5.74, 6) is -1.89. The van der Waals surface area contributed by atoms with Gasteiger partial charge in [-0.25, -0.2) is 9.59 Å². The molecule has 0 rings (SSSR count). The average Bonchev–Trinajstić information content (AvgIpc) is 2.29. The molecular weight excluding hydrogens is 232 g/mol. The number of aliphatic hydroxyl groups is 3. The lowest BCUT2D eigenvalue weighted by atomic mass is 10.0. The number of esters is 2. The summed E-state index contributed by atoms with van der Waals surface area (Å²) in [6.07, 6.45) is 0.723. The predicted molar refractivity (Wildman–Crippen MR) is 55.4 cm³/mol. The molecule has 0 aliphatic rings. The predicted octanol–water partition coefficient (Wildman–Crippen LogP) is -0.939. The first-order valence-corrected chi connectivity index (χ1v) is 5.01. The Morgan fingerprint density at radius 2 is 1.41 bits per heavy atom. The Kier molecular flexibility index (Phi) is 7.95. The highest BCUT2D eigenvalue weighted by Gasteiger charge is 2.21. The molecule has 0 radical (unpaired) electrons. The summed E-state index contributed by atoms with van der Waals surface area (Å²) >= 11 is 0. The first-order valence-electron chi connectivity index (χ1n) is 5.01. The Balaban J connectivity index is 5.14. The number of ether oxygens (including phenoxy) is 2. The minimum Gasteiger partial charge on any atom is -0.435 e. The van der Waals surface area contributed by atoms with Crippen molar-refractivity contribution in [1.29, 1.82) is 0 Å². The van der Waals surface area contributed by atoms with Crippen molar-refractivity contribution in [2.45, 2.75) is 19.8 Å². The third-order valence-electron chi connectivity index (χ3n) is 1.91. The summed E-state index contributed by atoms with van der Waals surface area (Å²) < 4.78 is 8.62.